The van der Waals surface area contributed by atoms with Crippen molar-refractivity contribution >= 4 is 23.3 Å². The van der Waals surface area contributed by atoms with Gasteiger partial charge in [-0.3, -0.25) is 9.59 Å². The number of alkyl halides is 3. The minimum absolute atomic E-state index is 0.127. The van der Waals surface area contributed by atoms with E-state index in [2.05, 4.69) is 15.2 Å². The van der Waals surface area contributed by atoms with E-state index >= 15 is 0 Å². The van der Waals surface area contributed by atoms with Crippen LogP contribution in [0.3, 0.4) is 0 Å². The lowest BCUT2D eigenvalue weighted by molar-refractivity contribution is -0.137. The summed E-state index contributed by atoms with van der Waals surface area (Å²) in [6.07, 6.45) is -1.85. The van der Waals surface area contributed by atoms with Gasteiger partial charge in [0.15, 0.2) is 0 Å². The first-order valence-electron chi connectivity index (χ1n) is 11.3. The van der Waals surface area contributed by atoms with Gasteiger partial charge < -0.3 is 15.1 Å². The van der Waals surface area contributed by atoms with Crippen LogP contribution in [0.1, 0.15) is 27.9 Å². The summed E-state index contributed by atoms with van der Waals surface area (Å²) < 4.78 is 38.3. The molecule has 9 heteroatoms. The van der Waals surface area contributed by atoms with Crippen LogP contribution in [0.25, 0.3) is 0 Å². The van der Waals surface area contributed by atoms with E-state index < -0.39 is 11.7 Å². The second kappa shape index (κ2) is 10.6. The predicted octanol–water partition coefficient (Wildman–Crippen LogP) is 4.63. The minimum atomic E-state index is -4.43. The maximum atomic E-state index is 12.8. The number of nitrogens with zero attached hydrogens (tertiary/aromatic N) is 3. The monoisotopic (exact) mass is 482 g/mol. The number of halogens is 3. The van der Waals surface area contributed by atoms with Gasteiger partial charge in [-0.1, -0.05) is 30.3 Å². The molecule has 1 aromatic heterocycles. The molecular weight excluding hydrogens is 457 g/mol. The fourth-order valence-electron chi connectivity index (χ4n) is 3.97. The Bertz CT molecular complexity index is 1150. The van der Waals surface area contributed by atoms with Crippen molar-refractivity contribution < 1.29 is 22.8 Å². The first kappa shape index (κ1) is 24.3. The van der Waals surface area contributed by atoms with E-state index in [1.54, 1.807) is 17.2 Å². The SMILES string of the molecule is O=C(Cc1ccccc1)Nc1ccc(N2CCCN(C(=O)c3ccc(C(F)(F)F)cc3)CC2)nc1. The van der Waals surface area contributed by atoms with Crippen molar-refractivity contribution in [1.82, 2.24) is 9.88 Å². The number of nitrogens with one attached hydrogen (secondary N) is 1. The largest absolute Gasteiger partial charge is 0.416 e. The van der Waals surface area contributed by atoms with Gasteiger partial charge in [0.2, 0.25) is 5.91 Å². The lowest BCUT2D eigenvalue weighted by Crippen LogP contribution is -2.35. The van der Waals surface area contributed by atoms with Gasteiger partial charge in [0.25, 0.3) is 5.91 Å². The zero-order chi connectivity index (χ0) is 24.8. The summed E-state index contributed by atoms with van der Waals surface area (Å²) in [4.78, 5) is 33.2. The lowest BCUT2D eigenvalue weighted by Gasteiger charge is -2.23. The molecule has 35 heavy (non-hydrogen) atoms. The van der Waals surface area contributed by atoms with Crippen LogP contribution in [-0.4, -0.2) is 47.9 Å². The number of anilines is 2. The summed E-state index contributed by atoms with van der Waals surface area (Å²) in [5.41, 5.74) is 0.986. The predicted molar refractivity (Wildman–Crippen MR) is 127 cm³/mol. The van der Waals surface area contributed by atoms with Crippen molar-refractivity contribution in [3.63, 3.8) is 0 Å². The molecule has 0 atom stereocenters. The van der Waals surface area contributed by atoms with E-state index in [0.29, 0.717) is 38.3 Å². The Morgan fingerprint density at radius 3 is 2.29 bits per heavy atom. The Labute approximate surface area is 201 Å². The van der Waals surface area contributed by atoms with Gasteiger partial charge in [-0.2, -0.15) is 13.2 Å². The van der Waals surface area contributed by atoms with E-state index in [0.717, 1.165) is 23.5 Å². The fourth-order valence-corrected chi connectivity index (χ4v) is 3.97. The van der Waals surface area contributed by atoms with Gasteiger partial charge in [0.1, 0.15) is 5.82 Å². The molecule has 1 aliphatic heterocycles. The number of aromatic nitrogens is 1. The van der Waals surface area contributed by atoms with Crippen LogP contribution in [0.2, 0.25) is 0 Å². The second-order valence-corrected chi connectivity index (χ2v) is 8.32. The number of hydrogen-bond acceptors (Lipinski definition) is 4. The van der Waals surface area contributed by atoms with E-state index in [9.17, 15) is 22.8 Å². The Morgan fingerprint density at radius 2 is 1.63 bits per heavy atom. The van der Waals surface area contributed by atoms with E-state index in [4.69, 9.17) is 0 Å². The summed E-state index contributed by atoms with van der Waals surface area (Å²) >= 11 is 0. The topological polar surface area (TPSA) is 65.5 Å². The molecule has 1 aliphatic rings. The highest BCUT2D eigenvalue weighted by Gasteiger charge is 2.30. The van der Waals surface area contributed by atoms with Gasteiger partial charge in [-0.25, -0.2) is 4.98 Å². The Morgan fingerprint density at radius 1 is 0.886 bits per heavy atom. The van der Waals surface area contributed by atoms with E-state index in [1.165, 1.54) is 12.1 Å². The molecule has 1 N–H and O–H groups in total. The summed E-state index contributed by atoms with van der Waals surface area (Å²) in [6, 6.07) is 17.4. The van der Waals surface area contributed by atoms with Gasteiger partial charge >= 0.3 is 6.18 Å². The molecule has 0 radical (unpaired) electrons. The number of amides is 2. The van der Waals surface area contributed by atoms with Crippen LogP contribution in [-0.2, 0) is 17.4 Å². The van der Waals surface area contributed by atoms with Gasteiger partial charge in [-0.05, 0) is 48.4 Å². The highest BCUT2D eigenvalue weighted by atomic mass is 19.4. The third kappa shape index (κ3) is 6.38. The number of hydrogen-bond donors (Lipinski definition) is 1. The third-order valence-corrected chi connectivity index (χ3v) is 5.81. The average Bonchev–Trinajstić information content (AvgIpc) is 3.11. The molecule has 2 amide bonds. The zero-order valence-corrected chi connectivity index (χ0v) is 19.0. The van der Waals surface area contributed by atoms with Crippen LogP contribution in [0.4, 0.5) is 24.7 Å². The Kier molecular flexibility index (Phi) is 7.33. The molecule has 0 unspecified atom stereocenters. The summed E-state index contributed by atoms with van der Waals surface area (Å²) in [7, 11) is 0. The van der Waals surface area contributed by atoms with Crippen molar-refractivity contribution in [3.8, 4) is 0 Å². The van der Waals surface area contributed by atoms with Gasteiger partial charge in [0.05, 0.1) is 23.9 Å². The summed E-state index contributed by atoms with van der Waals surface area (Å²) in [5.74, 6) is 0.317. The molecular formula is C26H25F3N4O2. The number of carbonyl (C=O) groups is 2. The standard InChI is InChI=1S/C26H25F3N4O2/c27-26(28,29)21-9-7-20(8-10-21)25(35)33-14-4-13-32(15-16-33)23-12-11-22(18-30-23)31-24(34)17-19-5-2-1-3-6-19/h1-3,5-12,18H,4,13-17H2,(H,31,34). The first-order valence-corrected chi connectivity index (χ1v) is 11.3. The summed E-state index contributed by atoms with van der Waals surface area (Å²) in [6.45, 7) is 2.16. The van der Waals surface area contributed by atoms with E-state index in [1.807, 2.05) is 36.4 Å². The van der Waals surface area contributed by atoms with Gasteiger partial charge in [0, 0.05) is 31.7 Å². The van der Waals surface area contributed by atoms with Crippen molar-refractivity contribution in [1.29, 1.82) is 0 Å². The van der Waals surface area contributed by atoms with E-state index in [-0.39, 0.29) is 23.8 Å². The molecule has 2 aromatic carbocycles. The minimum Gasteiger partial charge on any atom is -0.355 e. The lowest BCUT2D eigenvalue weighted by atomic mass is 10.1. The maximum Gasteiger partial charge on any atom is 0.416 e. The van der Waals surface area contributed by atoms with Crippen molar-refractivity contribution in [3.05, 3.63) is 89.6 Å². The molecule has 1 fully saturated rings. The van der Waals surface area contributed by atoms with Crippen molar-refractivity contribution in [2.75, 3.05) is 36.4 Å². The molecule has 2 heterocycles. The maximum absolute atomic E-state index is 12.8. The third-order valence-electron chi connectivity index (χ3n) is 5.81. The second-order valence-electron chi connectivity index (χ2n) is 8.32. The Balaban J connectivity index is 1.32. The smallest absolute Gasteiger partial charge is 0.355 e. The molecule has 182 valence electrons. The molecule has 0 bridgehead atoms. The Hall–Kier alpha value is -3.88. The molecule has 0 aliphatic carbocycles. The van der Waals surface area contributed by atoms with Crippen LogP contribution in [0, 0.1) is 0 Å². The van der Waals surface area contributed by atoms with Crippen LogP contribution < -0.4 is 10.2 Å². The normalized spacial score (nSPS) is 14.4. The molecule has 1 saturated heterocycles. The summed E-state index contributed by atoms with van der Waals surface area (Å²) in [5, 5.41) is 2.84. The van der Waals surface area contributed by atoms with Crippen molar-refractivity contribution in [2.24, 2.45) is 0 Å². The molecule has 3 aromatic rings. The first-order chi connectivity index (χ1) is 16.8. The number of rotatable bonds is 5. The zero-order valence-electron chi connectivity index (χ0n) is 19.0. The number of pyridine rings is 1. The quantitative estimate of drug-likeness (QED) is 0.576. The molecule has 0 saturated carbocycles. The average molecular weight is 483 g/mol. The molecule has 4 rings (SSSR count). The highest BCUT2D eigenvalue weighted by molar-refractivity contribution is 5.94. The number of benzene rings is 2. The molecule has 6 nitrogen and oxygen atoms in total. The van der Waals surface area contributed by atoms with Crippen LogP contribution >= 0.6 is 0 Å². The number of carbonyl (C=O) groups excluding carboxylic acids is 2. The fraction of sp³-hybridized carbons (Fsp3) is 0.269. The molecule has 0 spiro atoms. The van der Waals surface area contributed by atoms with Crippen molar-refractivity contribution in [2.45, 2.75) is 19.0 Å². The van der Waals surface area contributed by atoms with Crippen LogP contribution in [0.5, 0.6) is 0 Å². The van der Waals surface area contributed by atoms with Crippen LogP contribution in [0.15, 0.2) is 72.9 Å². The van der Waals surface area contributed by atoms with Gasteiger partial charge in [-0.15, -0.1) is 0 Å². The highest BCUT2D eigenvalue weighted by Crippen LogP contribution is 2.29.